The van der Waals surface area contributed by atoms with Crippen LogP contribution in [0.1, 0.15) is 26.3 Å². The van der Waals surface area contributed by atoms with Crippen LogP contribution in [0.3, 0.4) is 0 Å². The van der Waals surface area contributed by atoms with Crippen LogP contribution >= 0.6 is 0 Å². The smallest absolute Gasteiger partial charge is 0.239 e. The molecule has 0 aliphatic carbocycles. The molecule has 0 bridgehead atoms. The van der Waals surface area contributed by atoms with Crippen molar-refractivity contribution in [1.29, 1.82) is 0 Å². The van der Waals surface area contributed by atoms with Gasteiger partial charge in [-0.3, -0.25) is 4.79 Å². The molecule has 0 saturated heterocycles. The normalized spacial score (nSPS) is 11.6. The van der Waals surface area contributed by atoms with Gasteiger partial charge < -0.3 is 19.9 Å². The van der Waals surface area contributed by atoms with Gasteiger partial charge in [-0.25, -0.2) is 0 Å². The fourth-order valence-corrected chi connectivity index (χ4v) is 1.57. The third kappa shape index (κ3) is 6.98. The average molecular weight is 267 g/mol. The molecule has 5 nitrogen and oxygen atoms in total. The zero-order valence-electron chi connectivity index (χ0n) is 12.3. The second-order valence-electron chi connectivity index (χ2n) is 5.64. The summed E-state index contributed by atoms with van der Waals surface area (Å²) in [6, 6.07) is 2.03. The van der Waals surface area contributed by atoms with Gasteiger partial charge in [-0.1, -0.05) is 0 Å². The van der Waals surface area contributed by atoms with Crippen molar-refractivity contribution in [2.24, 2.45) is 0 Å². The summed E-state index contributed by atoms with van der Waals surface area (Å²) in [5.74, 6) is 0.00276. The van der Waals surface area contributed by atoms with Gasteiger partial charge in [0.15, 0.2) is 0 Å². The highest BCUT2D eigenvalue weighted by Gasteiger charge is 2.09. The van der Waals surface area contributed by atoms with Gasteiger partial charge in [0.05, 0.1) is 6.61 Å². The topological polar surface area (TPSA) is 55.3 Å². The van der Waals surface area contributed by atoms with Gasteiger partial charge in [-0.2, -0.15) is 0 Å². The molecule has 0 spiro atoms. The molecular formula is C14H25N3O2. The number of rotatable bonds is 7. The van der Waals surface area contributed by atoms with E-state index in [0.717, 1.165) is 6.54 Å². The lowest BCUT2D eigenvalue weighted by Gasteiger charge is -2.19. The number of nitrogens with one attached hydrogen (secondary N) is 2. The molecule has 2 N–H and O–H groups in total. The van der Waals surface area contributed by atoms with Gasteiger partial charge in [0, 0.05) is 38.1 Å². The first-order chi connectivity index (χ1) is 8.90. The summed E-state index contributed by atoms with van der Waals surface area (Å²) in [5.41, 5.74) is 1.28. The zero-order valence-corrected chi connectivity index (χ0v) is 12.3. The molecule has 1 heterocycles. The quantitative estimate of drug-likeness (QED) is 0.728. The Bertz CT molecular complexity index is 394. The number of carbonyl (C=O) groups excluding carboxylic acids is 1. The lowest BCUT2D eigenvalue weighted by Crippen LogP contribution is -2.34. The molecule has 108 valence electrons. The number of methoxy groups -OCH3 is 1. The van der Waals surface area contributed by atoms with E-state index >= 15 is 0 Å². The maximum Gasteiger partial charge on any atom is 0.239 e. The second-order valence-corrected chi connectivity index (χ2v) is 5.64. The molecule has 0 aliphatic heterocycles. The van der Waals surface area contributed by atoms with Crippen LogP contribution < -0.4 is 10.6 Å². The summed E-state index contributed by atoms with van der Waals surface area (Å²) in [5, 5.41) is 6.21. The molecule has 1 amide bonds. The van der Waals surface area contributed by atoms with Crippen molar-refractivity contribution in [2.75, 3.05) is 20.3 Å². The summed E-state index contributed by atoms with van der Waals surface area (Å²) in [6.07, 6.45) is 3.92. The van der Waals surface area contributed by atoms with E-state index in [1.54, 1.807) is 7.11 Å². The first-order valence-electron chi connectivity index (χ1n) is 6.56. The number of amides is 1. The Morgan fingerprint density at radius 3 is 2.79 bits per heavy atom. The van der Waals surface area contributed by atoms with Gasteiger partial charge in [0.1, 0.15) is 6.54 Å². The zero-order chi connectivity index (χ0) is 14.3. The fourth-order valence-electron chi connectivity index (χ4n) is 1.57. The van der Waals surface area contributed by atoms with E-state index in [0.29, 0.717) is 19.7 Å². The first kappa shape index (κ1) is 15.7. The number of carbonyl (C=O) groups is 1. The Morgan fingerprint density at radius 1 is 1.42 bits per heavy atom. The summed E-state index contributed by atoms with van der Waals surface area (Å²) in [7, 11) is 1.62. The minimum atomic E-state index is 0.00276. The third-order valence-electron chi connectivity index (χ3n) is 2.59. The second kappa shape index (κ2) is 7.31. The first-order valence-corrected chi connectivity index (χ1v) is 6.56. The van der Waals surface area contributed by atoms with Crippen molar-refractivity contribution < 1.29 is 9.53 Å². The molecule has 5 heteroatoms. The van der Waals surface area contributed by atoms with Gasteiger partial charge in [0.2, 0.25) is 5.91 Å². The molecule has 1 aromatic rings. The molecule has 0 unspecified atom stereocenters. The number of hydrogen-bond acceptors (Lipinski definition) is 3. The average Bonchev–Trinajstić information content (AvgIpc) is 2.73. The molecule has 0 aliphatic rings. The van der Waals surface area contributed by atoms with E-state index in [1.807, 2.05) is 23.0 Å². The largest absolute Gasteiger partial charge is 0.383 e. The standard InChI is InChI=1S/C14H25N3O2/c1-14(2,3)16-9-12-5-7-17(10-12)11-13(18)15-6-8-19-4/h5,7,10,16H,6,8-9,11H2,1-4H3,(H,15,18). The molecule has 0 atom stereocenters. The molecule has 0 fully saturated rings. The van der Waals surface area contributed by atoms with Crippen molar-refractivity contribution in [3.05, 3.63) is 24.0 Å². The van der Waals surface area contributed by atoms with Crippen LogP contribution in [0.2, 0.25) is 0 Å². The van der Waals surface area contributed by atoms with Crippen molar-refractivity contribution in [3.63, 3.8) is 0 Å². The minimum absolute atomic E-state index is 0.00276. The number of hydrogen-bond donors (Lipinski definition) is 2. The van der Waals surface area contributed by atoms with Gasteiger partial charge in [-0.05, 0) is 32.4 Å². The van der Waals surface area contributed by atoms with E-state index in [4.69, 9.17) is 4.74 Å². The Morgan fingerprint density at radius 2 is 2.16 bits per heavy atom. The van der Waals surface area contributed by atoms with Crippen LogP contribution in [0.5, 0.6) is 0 Å². The Hall–Kier alpha value is -1.33. The molecular weight excluding hydrogens is 242 g/mol. The van der Waals surface area contributed by atoms with Crippen molar-refractivity contribution in [3.8, 4) is 0 Å². The highest BCUT2D eigenvalue weighted by atomic mass is 16.5. The van der Waals surface area contributed by atoms with E-state index < -0.39 is 0 Å². The summed E-state index contributed by atoms with van der Waals surface area (Å²) in [4.78, 5) is 11.6. The predicted octanol–water partition coefficient (Wildman–Crippen LogP) is 1.14. The summed E-state index contributed by atoms with van der Waals surface area (Å²) in [6.45, 7) is 8.64. The molecule has 19 heavy (non-hydrogen) atoms. The lowest BCUT2D eigenvalue weighted by atomic mass is 10.1. The SMILES string of the molecule is COCCNC(=O)Cn1ccc(CNC(C)(C)C)c1. The lowest BCUT2D eigenvalue weighted by molar-refractivity contribution is -0.121. The Kier molecular flexibility index (Phi) is 6.05. The predicted molar refractivity (Wildman–Crippen MR) is 75.9 cm³/mol. The van der Waals surface area contributed by atoms with E-state index in [1.165, 1.54) is 5.56 Å². The van der Waals surface area contributed by atoms with Crippen molar-refractivity contribution in [1.82, 2.24) is 15.2 Å². The number of ether oxygens (including phenoxy) is 1. The van der Waals surface area contributed by atoms with E-state index in [2.05, 4.69) is 31.4 Å². The highest BCUT2D eigenvalue weighted by Crippen LogP contribution is 2.05. The van der Waals surface area contributed by atoms with Crippen LogP contribution in [-0.2, 0) is 22.6 Å². The van der Waals surface area contributed by atoms with Crippen LogP contribution in [0.15, 0.2) is 18.5 Å². The molecule has 0 radical (unpaired) electrons. The number of nitrogens with zero attached hydrogens (tertiary/aromatic N) is 1. The monoisotopic (exact) mass is 267 g/mol. The van der Waals surface area contributed by atoms with Gasteiger partial charge in [0.25, 0.3) is 0 Å². The molecule has 0 saturated carbocycles. The molecule has 1 aromatic heterocycles. The Balaban J connectivity index is 2.36. The van der Waals surface area contributed by atoms with Gasteiger partial charge >= 0.3 is 0 Å². The van der Waals surface area contributed by atoms with Crippen LogP contribution in [0.4, 0.5) is 0 Å². The fraction of sp³-hybridized carbons (Fsp3) is 0.643. The van der Waals surface area contributed by atoms with Crippen molar-refractivity contribution >= 4 is 5.91 Å². The van der Waals surface area contributed by atoms with E-state index in [-0.39, 0.29) is 11.4 Å². The van der Waals surface area contributed by atoms with Crippen LogP contribution in [-0.4, -0.2) is 36.3 Å². The summed E-state index contributed by atoms with van der Waals surface area (Å²) >= 11 is 0. The van der Waals surface area contributed by atoms with Crippen LogP contribution in [0, 0.1) is 0 Å². The van der Waals surface area contributed by atoms with Crippen molar-refractivity contribution in [2.45, 2.75) is 39.4 Å². The number of aromatic nitrogens is 1. The highest BCUT2D eigenvalue weighted by molar-refractivity contribution is 5.75. The molecule has 1 rings (SSSR count). The maximum absolute atomic E-state index is 11.6. The molecule has 0 aromatic carbocycles. The third-order valence-corrected chi connectivity index (χ3v) is 2.59. The summed E-state index contributed by atoms with van der Waals surface area (Å²) < 4.78 is 6.77. The van der Waals surface area contributed by atoms with E-state index in [9.17, 15) is 4.79 Å². The van der Waals surface area contributed by atoms with Crippen LogP contribution in [0.25, 0.3) is 0 Å². The Labute approximate surface area is 115 Å². The van der Waals surface area contributed by atoms with Gasteiger partial charge in [-0.15, -0.1) is 0 Å². The minimum Gasteiger partial charge on any atom is -0.383 e. The maximum atomic E-state index is 11.6.